The maximum absolute atomic E-state index is 3.55. The van der Waals surface area contributed by atoms with E-state index in [0.717, 1.165) is 6.42 Å². The minimum Gasteiger partial charge on any atom is -0.355 e. The van der Waals surface area contributed by atoms with E-state index in [0.29, 0.717) is 5.92 Å². The van der Waals surface area contributed by atoms with E-state index in [1.54, 1.807) is 0 Å². The molecule has 0 spiro atoms. The average molecular weight is 237 g/mol. The molecule has 0 fully saturated rings. The zero-order valence-electron chi connectivity index (χ0n) is 11.2. The number of hydrogen-bond acceptors (Lipinski definition) is 1. The van der Waals surface area contributed by atoms with E-state index in [-0.39, 0.29) is 0 Å². The second-order valence-corrected chi connectivity index (χ2v) is 5.53. The van der Waals surface area contributed by atoms with E-state index in [1.807, 2.05) is 0 Å². The van der Waals surface area contributed by atoms with E-state index in [4.69, 9.17) is 0 Å². The monoisotopic (exact) mass is 237 g/mol. The number of aryl methyl sites for hydroxylation is 1. The van der Waals surface area contributed by atoms with Crippen LogP contribution in [0.4, 0.5) is 11.4 Å². The molecular formula is C17H19N. The average Bonchev–Trinajstić information content (AvgIpc) is 2.35. The molecule has 0 saturated carbocycles. The zero-order valence-corrected chi connectivity index (χ0v) is 11.2. The summed E-state index contributed by atoms with van der Waals surface area (Å²) in [5.74, 6) is 0.592. The van der Waals surface area contributed by atoms with Crippen LogP contribution in [0.25, 0.3) is 0 Å². The van der Waals surface area contributed by atoms with Gasteiger partial charge in [0.15, 0.2) is 0 Å². The fraction of sp³-hybridized carbons (Fsp3) is 0.294. The van der Waals surface area contributed by atoms with E-state index in [2.05, 4.69) is 62.5 Å². The van der Waals surface area contributed by atoms with Crippen LogP contribution in [-0.4, -0.2) is 0 Å². The Labute approximate surface area is 109 Å². The lowest BCUT2D eigenvalue weighted by atomic mass is 9.92. The molecule has 92 valence electrons. The summed E-state index contributed by atoms with van der Waals surface area (Å²) in [5.41, 5.74) is 8.07. The first-order valence-electron chi connectivity index (χ1n) is 6.63. The van der Waals surface area contributed by atoms with Crippen molar-refractivity contribution in [3.05, 3.63) is 58.7 Å². The molecule has 0 amide bonds. The molecule has 2 aromatic rings. The van der Waals surface area contributed by atoms with Gasteiger partial charge < -0.3 is 5.32 Å². The summed E-state index contributed by atoms with van der Waals surface area (Å²) in [6, 6.07) is 13.5. The molecule has 18 heavy (non-hydrogen) atoms. The van der Waals surface area contributed by atoms with Gasteiger partial charge in [-0.1, -0.05) is 38.1 Å². The molecule has 0 aliphatic carbocycles. The van der Waals surface area contributed by atoms with Crippen LogP contribution in [0.2, 0.25) is 0 Å². The first-order chi connectivity index (χ1) is 8.63. The first-order valence-corrected chi connectivity index (χ1v) is 6.63. The minimum absolute atomic E-state index is 0.592. The van der Waals surface area contributed by atoms with Crippen LogP contribution in [0.3, 0.4) is 0 Å². The second-order valence-electron chi connectivity index (χ2n) is 5.53. The minimum atomic E-state index is 0.592. The van der Waals surface area contributed by atoms with Gasteiger partial charge in [0.05, 0.1) is 0 Å². The maximum atomic E-state index is 3.55. The van der Waals surface area contributed by atoms with Gasteiger partial charge >= 0.3 is 0 Å². The maximum Gasteiger partial charge on any atom is 0.0422 e. The van der Waals surface area contributed by atoms with Crippen LogP contribution in [0.5, 0.6) is 0 Å². The standard InChI is InChI=1S/C17H19N/c1-11(2)13-6-7-16-15(9-13)10-14-5-4-12(3)8-17(14)18-16/h4-9,11,18H,10H2,1-3H3. The Kier molecular flexibility index (Phi) is 2.62. The van der Waals surface area contributed by atoms with Crippen molar-refractivity contribution in [2.24, 2.45) is 0 Å². The zero-order chi connectivity index (χ0) is 12.7. The third-order valence-electron chi connectivity index (χ3n) is 3.71. The lowest BCUT2D eigenvalue weighted by Crippen LogP contribution is -2.07. The number of anilines is 2. The van der Waals surface area contributed by atoms with Crippen LogP contribution in [-0.2, 0) is 6.42 Å². The smallest absolute Gasteiger partial charge is 0.0422 e. The van der Waals surface area contributed by atoms with E-state index >= 15 is 0 Å². The van der Waals surface area contributed by atoms with Gasteiger partial charge in [-0.25, -0.2) is 0 Å². The van der Waals surface area contributed by atoms with Crippen molar-refractivity contribution in [2.45, 2.75) is 33.1 Å². The van der Waals surface area contributed by atoms with Gasteiger partial charge in [-0.05, 0) is 47.2 Å². The van der Waals surface area contributed by atoms with Crippen LogP contribution in [0.1, 0.15) is 42.0 Å². The van der Waals surface area contributed by atoms with Crippen LogP contribution >= 0.6 is 0 Å². The molecule has 1 aliphatic rings. The van der Waals surface area contributed by atoms with Gasteiger partial charge in [0.25, 0.3) is 0 Å². The number of benzene rings is 2. The Morgan fingerprint density at radius 2 is 1.78 bits per heavy atom. The topological polar surface area (TPSA) is 12.0 Å². The molecule has 0 atom stereocenters. The molecule has 0 bridgehead atoms. The summed E-state index contributed by atoms with van der Waals surface area (Å²) in [6.07, 6.45) is 1.04. The molecule has 1 aliphatic heterocycles. The van der Waals surface area contributed by atoms with Crippen LogP contribution in [0.15, 0.2) is 36.4 Å². The quantitative estimate of drug-likeness (QED) is 0.643. The van der Waals surface area contributed by atoms with Gasteiger partial charge in [0, 0.05) is 17.8 Å². The Morgan fingerprint density at radius 3 is 2.56 bits per heavy atom. The second kappa shape index (κ2) is 4.16. The lowest BCUT2D eigenvalue weighted by Gasteiger charge is -2.23. The van der Waals surface area contributed by atoms with E-state index < -0.39 is 0 Å². The lowest BCUT2D eigenvalue weighted by molar-refractivity contribution is 0.863. The third-order valence-corrected chi connectivity index (χ3v) is 3.71. The molecule has 3 rings (SSSR count). The largest absolute Gasteiger partial charge is 0.355 e. The predicted molar refractivity (Wildman–Crippen MR) is 77.8 cm³/mol. The molecule has 0 radical (unpaired) electrons. The fourth-order valence-corrected chi connectivity index (χ4v) is 2.55. The Hall–Kier alpha value is -1.76. The molecular weight excluding hydrogens is 218 g/mol. The fourth-order valence-electron chi connectivity index (χ4n) is 2.55. The molecule has 0 aromatic heterocycles. The van der Waals surface area contributed by atoms with Crippen molar-refractivity contribution in [2.75, 3.05) is 5.32 Å². The van der Waals surface area contributed by atoms with Crippen molar-refractivity contribution >= 4 is 11.4 Å². The summed E-state index contributed by atoms with van der Waals surface area (Å²) < 4.78 is 0. The van der Waals surface area contributed by atoms with E-state index in [9.17, 15) is 0 Å². The summed E-state index contributed by atoms with van der Waals surface area (Å²) in [6.45, 7) is 6.63. The summed E-state index contributed by atoms with van der Waals surface area (Å²) in [7, 11) is 0. The van der Waals surface area contributed by atoms with Gasteiger partial charge in [-0.2, -0.15) is 0 Å². The molecule has 0 unspecified atom stereocenters. The van der Waals surface area contributed by atoms with Gasteiger partial charge in [-0.15, -0.1) is 0 Å². The molecule has 1 nitrogen and oxygen atoms in total. The van der Waals surface area contributed by atoms with Crippen molar-refractivity contribution in [1.82, 2.24) is 0 Å². The summed E-state index contributed by atoms with van der Waals surface area (Å²) in [4.78, 5) is 0. The van der Waals surface area contributed by atoms with Gasteiger partial charge in [0.2, 0.25) is 0 Å². The van der Waals surface area contributed by atoms with Crippen LogP contribution in [0, 0.1) is 6.92 Å². The van der Waals surface area contributed by atoms with Crippen molar-refractivity contribution in [1.29, 1.82) is 0 Å². The third kappa shape index (κ3) is 1.90. The summed E-state index contributed by atoms with van der Waals surface area (Å²) in [5, 5.41) is 3.55. The number of hydrogen-bond donors (Lipinski definition) is 1. The normalized spacial score (nSPS) is 12.9. The Bertz CT molecular complexity index is 597. The SMILES string of the molecule is Cc1ccc2c(c1)Nc1ccc(C(C)C)cc1C2. The highest BCUT2D eigenvalue weighted by Crippen LogP contribution is 2.34. The molecule has 1 heterocycles. The Morgan fingerprint density at radius 1 is 0.944 bits per heavy atom. The highest BCUT2D eigenvalue weighted by atomic mass is 14.9. The number of fused-ring (bicyclic) bond motifs is 2. The van der Waals surface area contributed by atoms with Crippen molar-refractivity contribution < 1.29 is 0 Å². The van der Waals surface area contributed by atoms with E-state index in [1.165, 1.54) is 33.6 Å². The van der Waals surface area contributed by atoms with Crippen molar-refractivity contribution in [3.63, 3.8) is 0 Å². The predicted octanol–water partition coefficient (Wildman–Crippen LogP) is 4.77. The highest BCUT2D eigenvalue weighted by Gasteiger charge is 2.15. The highest BCUT2D eigenvalue weighted by molar-refractivity contribution is 5.72. The number of rotatable bonds is 1. The van der Waals surface area contributed by atoms with Crippen LogP contribution < -0.4 is 5.32 Å². The molecule has 0 saturated heterocycles. The Balaban J connectivity index is 2.02. The number of nitrogens with one attached hydrogen (secondary N) is 1. The molecule has 2 aromatic carbocycles. The molecule has 1 N–H and O–H groups in total. The van der Waals surface area contributed by atoms with Gasteiger partial charge in [0.1, 0.15) is 0 Å². The summed E-state index contributed by atoms with van der Waals surface area (Å²) >= 11 is 0. The molecule has 1 heteroatoms. The first kappa shape index (κ1) is 11.3. The van der Waals surface area contributed by atoms with Crippen molar-refractivity contribution in [3.8, 4) is 0 Å². The van der Waals surface area contributed by atoms with Gasteiger partial charge in [-0.3, -0.25) is 0 Å².